The summed E-state index contributed by atoms with van der Waals surface area (Å²) in [5, 5.41) is 4.88. The summed E-state index contributed by atoms with van der Waals surface area (Å²) in [7, 11) is 0. The summed E-state index contributed by atoms with van der Waals surface area (Å²) in [5.41, 5.74) is 1.10. The first-order valence-corrected chi connectivity index (χ1v) is 8.74. The van der Waals surface area contributed by atoms with Crippen molar-refractivity contribution < 1.29 is 0 Å². The molecule has 1 unspecified atom stereocenters. The van der Waals surface area contributed by atoms with E-state index in [2.05, 4.69) is 80.5 Å². The number of fused-ring (bicyclic) bond motifs is 1. The molecule has 1 heterocycles. The lowest BCUT2D eigenvalue weighted by Gasteiger charge is -2.15. The minimum Gasteiger partial charge on any atom is -0.377 e. The van der Waals surface area contributed by atoms with Crippen molar-refractivity contribution >= 4 is 59.0 Å². The Hall–Kier alpha value is -0.840. The van der Waals surface area contributed by atoms with E-state index < -0.39 is 0 Å². The van der Waals surface area contributed by atoms with Gasteiger partial charge in [0.05, 0.1) is 11.7 Å². The average molecular weight is 411 g/mol. The first kappa shape index (κ1) is 14.1. The van der Waals surface area contributed by atoms with Crippen molar-refractivity contribution in [2.24, 2.45) is 0 Å². The summed E-state index contributed by atoms with van der Waals surface area (Å²) >= 11 is 8.94. The smallest absolute Gasteiger partial charge is 0.0579 e. The van der Waals surface area contributed by atoms with Crippen LogP contribution >= 0.6 is 43.2 Å². The molecule has 1 N–H and O–H groups in total. The Labute approximate surface area is 139 Å². The van der Waals surface area contributed by atoms with E-state index in [0.717, 1.165) is 14.6 Å². The van der Waals surface area contributed by atoms with Gasteiger partial charge in [-0.1, -0.05) is 34.1 Å². The predicted octanol–water partition coefficient (Wildman–Crippen LogP) is 6.60. The van der Waals surface area contributed by atoms with Gasteiger partial charge in [0.15, 0.2) is 0 Å². The molecule has 0 aliphatic heterocycles. The molecule has 0 saturated carbocycles. The van der Waals surface area contributed by atoms with Crippen LogP contribution in [0, 0.1) is 0 Å². The molecule has 3 aromatic rings. The fraction of sp³-hybridized carbons (Fsp3) is 0.125. The molecule has 1 aromatic heterocycles. The number of nitrogens with one attached hydrogen (secondary N) is 1. The number of benzene rings is 2. The number of halogens is 2. The Kier molecular flexibility index (Phi) is 4.15. The lowest BCUT2D eigenvalue weighted by Crippen LogP contribution is -2.05. The summed E-state index contributed by atoms with van der Waals surface area (Å²) < 4.78 is 3.49. The summed E-state index contributed by atoms with van der Waals surface area (Å²) in [6, 6.07) is 17.2. The number of hydrogen-bond donors (Lipinski definition) is 1. The van der Waals surface area contributed by atoms with Gasteiger partial charge in [-0.3, -0.25) is 0 Å². The third-order valence-corrected chi connectivity index (χ3v) is 5.66. The van der Waals surface area contributed by atoms with Crippen LogP contribution in [-0.2, 0) is 0 Å². The van der Waals surface area contributed by atoms with Crippen molar-refractivity contribution in [2.45, 2.75) is 13.0 Å². The van der Waals surface area contributed by atoms with Crippen LogP contribution in [0.3, 0.4) is 0 Å². The third-order valence-electron chi connectivity index (χ3n) is 3.17. The largest absolute Gasteiger partial charge is 0.377 e. The van der Waals surface area contributed by atoms with E-state index >= 15 is 0 Å². The molecule has 0 radical (unpaired) electrons. The van der Waals surface area contributed by atoms with Crippen LogP contribution in [0.2, 0.25) is 0 Å². The number of thiophene rings is 1. The highest BCUT2D eigenvalue weighted by Gasteiger charge is 2.11. The Bertz CT molecular complexity index is 718. The Morgan fingerprint density at radius 2 is 1.85 bits per heavy atom. The van der Waals surface area contributed by atoms with Gasteiger partial charge in [0, 0.05) is 18.5 Å². The molecule has 4 heteroatoms. The van der Waals surface area contributed by atoms with Crippen LogP contribution in [0.25, 0.3) is 10.1 Å². The van der Waals surface area contributed by atoms with Crippen LogP contribution in [0.5, 0.6) is 0 Å². The van der Waals surface area contributed by atoms with Gasteiger partial charge in [-0.05, 0) is 58.6 Å². The molecule has 0 aliphatic rings. The summed E-state index contributed by atoms with van der Waals surface area (Å²) in [5.74, 6) is 0. The van der Waals surface area contributed by atoms with Gasteiger partial charge in [0.2, 0.25) is 0 Å². The molecule has 0 aliphatic carbocycles. The van der Waals surface area contributed by atoms with Gasteiger partial charge >= 0.3 is 0 Å². The van der Waals surface area contributed by atoms with Crippen molar-refractivity contribution in [1.82, 2.24) is 0 Å². The van der Waals surface area contributed by atoms with Gasteiger partial charge in [-0.2, -0.15) is 0 Å². The highest BCUT2D eigenvalue weighted by molar-refractivity contribution is 9.11. The zero-order chi connectivity index (χ0) is 14.1. The molecule has 0 amide bonds. The molecular formula is C16H13Br2NS. The average Bonchev–Trinajstić information content (AvgIpc) is 2.87. The van der Waals surface area contributed by atoms with E-state index in [-0.39, 0.29) is 6.04 Å². The molecule has 20 heavy (non-hydrogen) atoms. The standard InChI is InChI=1S/C16H13Br2NS/c1-10(19-14-9-12(17)6-7-13(14)18)16-8-11-4-2-3-5-15(11)20-16/h2-10,19H,1H3. The second-order valence-corrected chi connectivity index (χ2v) is 7.56. The fourth-order valence-electron chi connectivity index (χ4n) is 2.13. The highest BCUT2D eigenvalue weighted by Crippen LogP contribution is 2.34. The van der Waals surface area contributed by atoms with Crippen molar-refractivity contribution in [1.29, 1.82) is 0 Å². The van der Waals surface area contributed by atoms with Crippen molar-refractivity contribution in [3.05, 3.63) is 62.4 Å². The Morgan fingerprint density at radius 3 is 2.65 bits per heavy atom. The number of anilines is 1. The minimum atomic E-state index is 0.276. The van der Waals surface area contributed by atoms with Crippen molar-refractivity contribution in [3.63, 3.8) is 0 Å². The molecule has 3 rings (SSSR count). The molecular weight excluding hydrogens is 398 g/mol. The second kappa shape index (κ2) is 5.88. The summed E-state index contributed by atoms with van der Waals surface area (Å²) in [4.78, 5) is 1.35. The molecule has 0 saturated heterocycles. The molecule has 0 fully saturated rings. The second-order valence-electron chi connectivity index (χ2n) is 4.68. The van der Waals surface area contributed by atoms with Gasteiger partial charge < -0.3 is 5.32 Å². The van der Waals surface area contributed by atoms with Gasteiger partial charge in [0.1, 0.15) is 0 Å². The van der Waals surface area contributed by atoms with Gasteiger partial charge in [0.25, 0.3) is 0 Å². The Balaban J connectivity index is 1.88. The Morgan fingerprint density at radius 1 is 1.05 bits per heavy atom. The zero-order valence-corrected chi connectivity index (χ0v) is 14.8. The van der Waals surface area contributed by atoms with E-state index in [1.165, 1.54) is 15.0 Å². The van der Waals surface area contributed by atoms with E-state index in [1.807, 2.05) is 23.5 Å². The van der Waals surface area contributed by atoms with Gasteiger partial charge in [-0.15, -0.1) is 11.3 Å². The minimum absolute atomic E-state index is 0.276. The lowest BCUT2D eigenvalue weighted by atomic mass is 10.2. The van der Waals surface area contributed by atoms with Crippen LogP contribution in [-0.4, -0.2) is 0 Å². The molecule has 1 atom stereocenters. The number of hydrogen-bond acceptors (Lipinski definition) is 2. The zero-order valence-electron chi connectivity index (χ0n) is 10.9. The van der Waals surface area contributed by atoms with Crippen molar-refractivity contribution in [2.75, 3.05) is 5.32 Å². The van der Waals surface area contributed by atoms with E-state index in [1.54, 1.807) is 0 Å². The first-order chi connectivity index (χ1) is 9.63. The molecule has 102 valence electrons. The van der Waals surface area contributed by atoms with Crippen LogP contribution in [0.1, 0.15) is 17.8 Å². The molecule has 0 bridgehead atoms. The summed E-state index contributed by atoms with van der Waals surface area (Å²) in [6.45, 7) is 2.19. The molecule has 0 spiro atoms. The van der Waals surface area contributed by atoms with Crippen molar-refractivity contribution in [3.8, 4) is 0 Å². The maximum Gasteiger partial charge on any atom is 0.0579 e. The maximum atomic E-state index is 3.59. The molecule has 2 aromatic carbocycles. The van der Waals surface area contributed by atoms with E-state index in [4.69, 9.17) is 0 Å². The van der Waals surface area contributed by atoms with E-state index in [0.29, 0.717) is 0 Å². The predicted molar refractivity (Wildman–Crippen MR) is 95.7 cm³/mol. The maximum absolute atomic E-state index is 3.59. The highest BCUT2D eigenvalue weighted by atomic mass is 79.9. The SMILES string of the molecule is CC(Nc1cc(Br)ccc1Br)c1cc2ccccc2s1. The summed E-state index contributed by atoms with van der Waals surface area (Å²) in [6.07, 6.45) is 0. The van der Waals surface area contributed by atoms with Crippen LogP contribution in [0.15, 0.2) is 57.5 Å². The quantitative estimate of drug-likeness (QED) is 0.512. The normalized spacial score (nSPS) is 12.6. The first-order valence-electron chi connectivity index (χ1n) is 6.33. The lowest BCUT2D eigenvalue weighted by molar-refractivity contribution is 0.907. The third kappa shape index (κ3) is 2.92. The monoisotopic (exact) mass is 409 g/mol. The topological polar surface area (TPSA) is 12.0 Å². The van der Waals surface area contributed by atoms with Crippen LogP contribution < -0.4 is 5.32 Å². The van der Waals surface area contributed by atoms with Gasteiger partial charge in [-0.25, -0.2) is 0 Å². The van der Waals surface area contributed by atoms with E-state index in [9.17, 15) is 0 Å². The fourth-order valence-corrected chi connectivity index (χ4v) is 3.92. The number of rotatable bonds is 3. The molecule has 1 nitrogen and oxygen atoms in total. The van der Waals surface area contributed by atoms with Crippen LogP contribution in [0.4, 0.5) is 5.69 Å².